The molecule has 2 aromatic heterocycles. The van der Waals surface area contributed by atoms with Crippen LogP contribution in [0.4, 0.5) is 0 Å². The van der Waals surface area contributed by atoms with E-state index in [9.17, 15) is 4.79 Å². The molecule has 0 saturated carbocycles. The quantitative estimate of drug-likeness (QED) is 0.359. The maximum absolute atomic E-state index is 12.3. The lowest BCUT2D eigenvalue weighted by Gasteiger charge is -2.08. The van der Waals surface area contributed by atoms with Gasteiger partial charge in [0.2, 0.25) is 5.76 Å². The standard InChI is InChI=1S/C18H13BrN2O4/c1-2-9-23-15-5-3-4-6-16(15)25-18(22)17-8-7-14(24-17)12-21-11-13(19)10-20-21/h1,3-8,10-11H,9,12H2. The molecule has 0 N–H and O–H groups in total. The highest BCUT2D eigenvalue weighted by Gasteiger charge is 2.16. The van der Waals surface area contributed by atoms with Gasteiger partial charge in [0.1, 0.15) is 12.4 Å². The first-order chi connectivity index (χ1) is 12.2. The number of benzene rings is 1. The van der Waals surface area contributed by atoms with E-state index in [1.807, 2.05) is 0 Å². The van der Waals surface area contributed by atoms with E-state index in [2.05, 4.69) is 26.9 Å². The average Bonchev–Trinajstić information content (AvgIpc) is 3.23. The average molecular weight is 401 g/mol. The number of terminal acetylenes is 1. The fraction of sp³-hybridized carbons (Fsp3) is 0.111. The molecule has 0 aliphatic carbocycles. The Labute approximate surface area is 152 Å². The fourth-order valence-electron chi connectivity index (χ4n) is 2.08. The number of hydrogen-bond acceptors (Lipinski definition) is 5. The predicted octanol–water partition coefficient (Wildman–Crippen LogP) is 3.52. The summed E-state index contributed by atoms with van der Waals surface area (Å²) < 4.78 is 18.8. The van der Waals surface area contributed by atoms with Crippen molar-refractivity contribution in [3.05, 3.63) is 64.8 Å². The number of nitrogens with zero attached hydrogens (tertiary/aromatic N) is 2. The molecule has 126 valence electrons. The normalized spacial score (nSPS) is 10.2. The molecule has 1 aromatic carbocycles. The molecule has 0 atom stereocenters. The van der Waals surface area contributed by atoms with Crippen molar-refractivity contribution < 1.29 is 18.7 Å². The minimum atomic E-state index is -0.621. The Morgan fingerprint density at radius 2 is 2.08 bits per heavy atom. The van der Waals surface area contributed by atoms with Gasteiger partial charge in [0, 0.05) is 6.20 Å². The summed E-state index contributed by atoms with van der Waals surface area (Å²) >= 11 is 3.32. The number of halogens is 1. The maximum Gasteiger partial charge on any atom is 0.379 e. The van der Waals surface area contributed by atoms with Gasteiger partial charge in [-0.2, -0.15) is 5.10 Å². The van der Waals surface area contributed by atoms with Crippen molar-refractivity contribution in [1.82, 2.24) is 9.78 Å². The number of aromatic nitrogens is 2. The van der Waals surface area contributed by atoms with Gasteiger partial charge in [0.25, 0.3) is 0 Å². The molecule has 7 heteroatoms. The van der Waals surface area contributed by atoms with Gasteiger partial charge in [0.15, 0.2) is 11.5 Å². The minimum Gasteiger partial charge on any atom is -0.477 e. The van der Waals surface area contributed by atoms with Gasteiger partial charge in [-0.25, -0.2) is 4.79 Å². The molecule has 0 aliphatic heterocycles. The van der Waals surface area contributed by atoms with Crippen molar-refractivity contribution in [2.75, 3.05) is 6.61 Å². The molecular formula is C18H13BrN2O4. The Kier molecular flexibility index (Phi) is 5.21. The van der Waals surface area contributed by atoms with Crippen LogP contribution in [0.15, 0.2) is 57.7 Å². The summed E-state index contributed by atoms with van der Waals surface area (Å²) in [6.07, 6.45) is 8.66. The highest BCUT2D eigenvalue weighted by molar-refractivity contribution is 9.10. The molecule has 0 spiro atoms. The molecule has 3 rings (SSSR count). The summed E-state index contributed by atoms with van der Waals surface area (Å²) in [5.41, 5.74) is 0. The topological polar surface area (TPSA) is 66.5 Å². The van der Waals surface area contributed by atoms with E-state index in [-0.39, 0.29) is 18.1 Å². The minimum absolute atomic E-state index is 0.0822. The summed E-state index contributed by atoms with van der Waals surface area (Å²) in [6.45, 7) is 0.486. The first-order valence-corrected chi connectivity index (χ1v) is 8.09. The fourth-order valence-corrected chi connectivity index (χ4v) is 2.41. The van der Waals surface area contributed by atoms with Gasteiger partial charge < -0.3 is 13.9 Å². The van der Waals surface area contributed by atoms with E-state index in [0.717, 1.165) is 4.47 Å². The van der Waals surface area contributed by atoms with Crippen molar-refractivity contribution in [2.24, 2.45) is 0 Å². The third-order valence-electron chi connectivity index (χ3n) is 3.15. The number of esters is 1. The number of para-hydroxylation sites is 2. The second-order valence-electron chi connectivity index (χ2n) is 4.95. The van der Waals surface area contributed by atoms with Crippen LogP contribution in [0.1, 0.15) is 16.3 Å². The summed E-state index contributed by atoms with van der Waals surface area (Å²) in [6, 6.07) is 10.0. The van der Waals surface area contributed by atoms with E-state index in [1.165, 1.54) is 0 Å². The Morgan fingerprint density at radius 3 is 2.80 bits per heavy atom. The molecular weight excluding hydrogens is 388 g/mol. The zero-order valence-electron chi connectivity index (χ0n) is 13.0. The molecule has 2 heterocycles. The smallest absolute Gasteiger partial charge is 0.379 e. The van der Waals surface area contributed by atoms with Crippen LogP contribution in [-0.2, 0) is 6.54 Å². The predicted molar refractivity (Wildman–Crippen MR) is 93.5 cm³/mol. The first kappa shape index (κ1) is 16.9. The second-order valence-corrected chi connectivity index (χ2v) is 5.87. The lowest BCUT2D eigenvalue weighted by molar-refractivity contribution is 0.0693. The highest BCUT2D eigenvalue weighted by Crippen LogP contribution is 2.27. The van der Waals surface area contributed by atoms with Gasteiger partial charge in [-0.05, 0) is 40.2 Å². The third kappa shape index (κ3) is 4.31. The lowest BCUT2D eigenvalue weighted by Crippen LogP contribution is -2.09. The molecule has 0 saturated heterocycles. The molecule has 0 amide bonds. The first-order valence-electron chi connectivity index (χ1n) is 7.30. The van der Waals surface area contributed by atoms with Crippen molar-refractivity contribution in [2.45, 2.75) is 6.54 Å². The van der Waals surface area contributed by atoms with Crippen molar-refractivity contribution in [3.8, 4) is 23.8 Å². The molecule has 3 aromatic rings. The number of hydrogen-bond donors (Lipinski definition) is 0. The molecule has 0 unspecified atom stereocenters. The van der Waals surface area contributed by atoms with E-state index in [4.69, 9.17) is 20.3 Å². The second kappa shape index (κ2) is 7.73. The Bertz CT molecular complexity index is 923. The van der Waals surface area contributed by atoms with Crippen LogP contribution in [0.3, 0.4) is 0 Å². The summed E-state index contributed by atoms with van der Waals surface area (Å²) in [7, 11) is 0. The van der Waals surface area contributed by atoms with Crippen LogP contribution in [0.2, 0.25) is 0 Å². The zero-order chi connectivity index (χ0) is 17.6. The number of ether oxygens (including phenoxy) is 2. The number of rotatable bonds is 6. The molecule has 6 nitrogen and oxygen atoms in total. The molecule has 25 heavy (non-hydrogen) atoms. The van der Waals surface area contributed by atoms with Crippen LogP contribution in [-0.4, -0.2) is 22.4 Å². The lowest BCUT2D eigenvalue weighted by atomic mass is 10.3. The maximum atomic E-state index is 12.3. The van der Waals surface area contributed by atoms with Gasteiger partial charge >= 0.3 is 5.97 Å². The molecule has 0 bridgehead atoms. The van der Waals surface area contributed by atoms with Crippen molar-refractivity contribution in [1.29, 1.82) is 0 Å². The summed E-state index contributed by atoms with van der Waals surface area (Å²) in [5.74, 6) is 3.08. The van der Waals surface area contributed by atoms with Crippen LogP contribution in [0.5, 0.6) is 11.5 Å². The highest BCUT2D eigenvalue weighted by atomic mass is 79.9. The Morgan fingerprint density at radius 1 is 1.28 bits per heavy atom. The van der Waals surface area contributed by atoms with Crippen molar-refractivity contribution >= 4 is 21.9 Å². The molecule has 0 radical (unpaired) electrons. The van der Waals surface area contributed by atoms with E-state index in [1.54, 1.807) is 53.5 Å². The van der Waals surface area contributed by atoms with E-state index >= 15 is 0 Å². The van der Waals surface area contributed by atoms with Crippen LogP contribution >= 0.6 is 15.9 Å². The van der Waals surface area contributed by atoms with Gasteiger partial charge in [-0.3, -0.25) is 4.68 Å². The largest absolute Gasteiger partial charge is 0.477 e. The van der Waals surface area contributed by atoms with Crippen LogP contribution in [0, 0.1) is 12.3 Å². The van der Waals surface area contributed by atoms with E-state index < -0.39 is 5.97 Å². The number of carbonyl (C=O) groups excluding carboxylic acids is 1. The summed E-state index contributed by atoms with van der Waals surface area (Å²) in [5, 5.41) is 4.13. The summed E-state index contributed by atoms with van der Waals surface area (Å²) in [4.78, 5) is 12.3. The zero-order valence-corrected chi connectivity index (χ0v) is 14.6. The number of furan rings is 1. The van der Waals surface area contributed by atoms with Gasteiger partial charge in [0.05, 0.1) is 17.2 Å². The SMILES string of the molecule is C#CCOc1ccccc1OC(=O)c1ccc(Cn2cc(Br)cn2)o1. The molecule has 0 aliphatic rings. The Hall–Kier alpha value is -2.98. The van der Waals surface area contributed by atoms with Crippen LogP contribution in [0.25, 0.3) is 0 Å². The van der Waals surface area contributed by atoms with E-state index in [0.29, 0.717) is 18.1 Å². The van der Waals surface area contributed by atoms with Gasteiger partial charge in [-0.1, -0.05) is 18.1 Å². The van der Waals surface area contributed by atoms with Crippen molar-refractivity contribution in [3.63, 3.8) is 0 Å². The molecule has 0 fully saturated rings. The van der Waals surface area contributed by atoms with Gasteiger partial charge in [-0.15, -0.1) is 6.42 Å². The van der Waals surface area contributed by atoms with Crippen LogP contribution < -0.4 is 9.47 Å². The monoisotopic (exact) mass is 400 g/mol. The Balaban J connectivity index is 1.69. The number of carbonyl (C=O) groups is 1. The third-order valence-corrected chi connectivity index (χ3v) is 3.55.